The molecule has 0 aromatic rings. The maximum absolute atomic E-state index is 10.6. The first-order chi connectivity index (χ1) is 5.68. The molecular weight excluding hydrogens is 154 g/mol. The van der Waals surface area contributed by atoms with Gasteiger partial charge in [-0.25, -0.2) is 0 Å². The molecule has 3 heteroatoms. The Labute approximate surface area is 72.3 Å². The highest BCUT2D eigenvalue weighted by atomic mass is 16.1. The Kier molecular flexibility index (Phi) is 2.84. The highest BCUT2D eigenvalue weighted by molar-refractivity contribution is 5.74. The molecule has 1 N–H and O–H groups in total. The molecule has 0 bridgehead atoms. The quantitative estimate of drug-likeness (QED) is 0.594. The molecule has 0 atom stereocenters. The van der Waals surface area contributed by atoms with Crippen LogP contribution in [0, 0.1) is 5.41 Å². The van der Waals surface area contributed by atoms with Crippen molar-refractivity contribution in [1.82, 2.24) is 5.73 Å². The van der Waals surface area contributed by atoms with Crippen LogP contribution in [0.3, 0.4) is 0 Å². The predicted molar refractivity (Wildman–Crippen MR) is 44.3 cm³/mol. The van der Waals surface area contributed by atoms with Crippen molar-refractivity contribution < 1.29 is 9.59 Å². The van der Waals surface area contributed by atoms with Crippen LogP contribution in [0.4, 0.5) is 0 Å². The number of carbonyl (C=O) groups is 2. The molecule has 0 saturated heterocycles. The Morgan fingerprint density at radius 3 is 2.42 bits per heavy atom. The van der Waals surface area contributed by atoms with Crippen LogP contribution in [0.1, 0.15) is 38.5 Å². The van der Waals surface area contributed by atoms with E-state index in [2.05, 4.69) is 0 Å². The molecule has 0 aromatic carbocycles. The zero-order valence-corrected chi connectivity index (χ0v) is 7.14. The third-order valence-corrected chi connectivity index (χ3v) is 2.72. The summed E-state index contributed by atoms with van der Waals surface area (Å²) in [6, 6.07) is 0. The number of nitrogens with one attached hydrogen (secondary N) is 1. The van der Waals surface area contributed by atoms with Crippen molar-refractivity contribution in [3.05, 3.63) is 0 Å². The summed E-state index contributed by atoms with van der Waals surface area (Å²) >= 11 is 0. The Morgan fingerprint density at radius 1 is 1.42 bits per heavy atom. The molecule has 1 saturated carbocycles. The normalized spacial score (nSPS) is 20.7. The number of carbonyl (C=O) groups excluding carboxylic acids is 2. The van der Waals surface area contributed by atoms with Crippen LogP contribution >= 0.6 is 0 Å². The second-order valence-corrected chi connectivity index (χ2v) is 3.68. The van der Waals surface area contributed by atoms with Gasteiger partial charge in [-0.15, -0.1) is 0 Å². The molecule has 0 aliphatic heterocycles. The molecule has 0 unspecified atom stereocenters. The lowest BCUT2D eigenvalue weighted by Gasteiger charge is -2.24. The van der Waals surface area contributed by atoms with Gasteiger partial charge in [0.25, 0.3) is 0 Å². The van der Waals surface area contributed by atoms with Crippen molar-refractivity contribution in [3.63, 3.8) is 0 Å². The smallest absolute Gasteiger partial charge is 0.238 e. The summed E-state index contributed by atoms with van der Waals surface area (Å²) in [5.74, 6) is -0.529. The number of amides is 1. The molecule has 1 radical (unpaired) electrons. The van der Waals surface area contributed by atoms with E-state index in [1.807, 2.05) is 0 Å². The number of aldehydes is 1. The van der Waals surface area contributed by atoms with Crippen LogP contribution < -0.4 is 5.73 Å². The van der Waals surface area contributed by atoms with Crippen molar-refractivity contribution >= 4 is 12.2 Å². The lowest BCUT2D eigenvalue weighted by molar-refractivity contribution is -0.121. The Morgan fingerprint density at radius 2 is 2.00 bits per heavy atom. The summed E-state index contributed by atoms with van der Waals surface area (Å²) in [6.07, 6.45) is 5.69. The zero-order chi connectivity index (χ0) is 9.03. The summed E-state index contributed by atoms with van der Waals surface area (Å²) in [5, 5.41) is 0. The van der Waals surface area contributed by atoms with Crippen LogP contribution in [0.5, 0.6) is 0 Å². The van der Waals surface area contributed by atoms with E-state index in [1.54, 1.807) is 0 Å². The van der Waals surface area contributed by atoms with Gasteiger partial charge in [0.15, 0.2) is 0 Å². The minimum Gasteiger partial charge on any atom is -0.303 e. The van der Waals surface area contributed by atoms with Crippen molar-refractivity contribution in [2.45, 2.75) is 38.5 Å². The SMILES string of the molecule is [NH]C(=O)CC1(CC=O)CCCC1. The summed E-state index contributed by atoms with van der Waals surface area (Å²) in [5.41, 5.74) is 6.75. The fourth-order valence-electron chi connectivity index (χ4n) is 2.10. The Balaban J connectivity index is 2.57. The Hall–Kier alpha value is -0.860. The van der Waals surface area contributed by atoms with Crippen molar-refractivity contribution in [3.8, 4) is 0 Å². The van der Waals surface area contributed by atoms with Gasteiger partial charge in [-0.3, -0.25) is 10.5 Å². The summed E-state index contributed by atoms with van der Waals surface area (Å²) in [7, 11) is 0. The van der Waals surface area contributed by atoms with Crippen LogP contribution in [0.15, 0.2) is 0 Å². The third-order valence-electron chi connectivity index (χ3n) is 2.72. The van der Waals surface area contributed by atoms with E-state index >= 15 is 0 Å². The average molecular weight is 168 g/mol. The number of hydrogen-bond donors (Lipinski definition) is 0. The van der Waals surface area contributed by atoms with Crippen LogP contribution in [0.2, 0.25) is 0 Å². The molecular formula is C9H14NO2. The van der Waals surface area contributed by atoms with Crippen molar-refractivity contribution in [2.75, 3.05) is 0 Å². The third kappa shape index (κ3) is 2.06. The number of hydrogen-bond acceptors (Lipinski definition) is 2. The maximum atomic E-state index is 10.6. The first-order valence-electron chi connectivity index (χ1n) is 4.37. The highest BCUT2D eigenvalue weighted by Gasteiger charge is 2.34. The van der Waals surface area contributed by atoms with Gasteiger partial charge in [0, 0.05) is 12.8 Å². The summed E-state index contributed by atoms with van der Waals surface area (Å²) < 4.78 is 0. The van der Waals surface area contributed by atoms with Crippen molar-refractivity contribution in [2.24, 2.45) is 5.41 Å². The lowest BCUT2D eigenvalue weighted by Crippen LogP contribution is -2.21. The number of rotatable bonds is 4. The molecule has 0 heterocycles. The predicted octanol–water partition coefficient (Wildman–Crippen LogP) is 1.34. The summed E-state index contributed by atoms with van der Waals surface area (Å²) in [4.78, 5) is 21.0. The van der Waals surface area contributed by atoms with Crippen LogP contribution in [-0.2, 0) is 9.59 Å². The second-order valence-electron chi connectivity index (χ2n) is 3.68. The first kappa shape index (κ1) is 9.23. The van der Waals surface area contributed by atoms with E-state index in [0.29, 0.717) is 6.42 Å². The van der Waals surface area contributed by atoms with Gasteiger partial charge in [0.2, 0.25) is 5.91 Å². The van der Waals surface area contributed by atoms with Gasteiger partial charge in [0.1, 0.15) is 6.29 Å². The fourth-order valence-corrected chi connectivity index (χ4v) is 2.10. The van der Waals surface area contributed by atoms with Gasteiger partial charge in [-0.1, -0.05) is 12.8 Å². The van der Waals surface area contributed by atoms with E-state index in [1.165, 1.54) is 0 Å². The van der Waals surface area contributed by atoms with E-state index in [-0.39, 0.29) is 11.8 Å². The molecule has 67 valence electrons. The lowest BCUT2D eigenvalue weighted by atomic mass is 9.80. The van der Waals surface area contributed by atoms with Gasteiger partial charge < -0.3 is 4.79 Å². The topological polar surface area (TPSA) is 57.9 Å². The molecule has 1 aliphatic rings. The molecule has 3 nitrogen and oxygen atoms in total. The standard InChI is InChI=1S/C9H14NO2/c10-8(12)7-9(5-6-11)3-1-2-4-9/h6,10H,1-5,7H2. The summed E-state index contributed by atoms with van der Waals surface area (Å²) in [6.45, 7) is 0. The zero-order valence-electron chi connectivity index (χ0n) is 7.14. The van der Waals surface area contributed by atoms with Gasteiger partial charge >= 0.3 is 0 Å². The van der Waals surface area contributed by atoms with Gasteiger partial charge in [-0.05, 0) is 18.3 Å². The minimum atomic E-state index is -0.529. The molecule has 12 heavy (non-hydrogen) atoms. The van der Waals surface area contributed by atoms with E-state index in [9.17, 15) is 9.59 Å². The second kappa shape index (κ2) is 3.70. The minimum absolute atomic E-state index is 0.138. The monoisotopic (exact) mass is 168 g/mol. The van der Waals surface area contributed by atoms with Crippen LogP contribution in [0.25, 0.3) is 0 Å². The molecule has 0 spiro atoms. The largest absolute Gasteiger partial charge is 0.303 e. The van der Waals surface area contributed by atoms with Crippen molar-refractivity contribution in [1.29, 1.82) is 0 Å². The van der Waals surface area contributed by atoms with Crippen LogP contribution in [-0.4, -0.2) is 12.2 Å². The molecule has 1 fully saturated rings. The van der Waals surface area contributed by atoms with E-state index < -0.39 is 5.91 Å². The van der Waals surface area contributed by atoms with Gasteiger partial charge in [-0.2, -0.15) is 0 Å². The molecule has 1 rings (SSSR count). The van der Waals surface area contributed by atoms with Gasteiger partial charge in [0.05, 0.1) is 0 Å². The maximum Gasteiger partial charge on any atom is 0.238 e. The fraction of sp³-hybridized carbons (Fsp3) is 0.778. The highest BCUT2D eigenvalue weighted by Crippen LogP contribution is 2.43. The van der Waals surface area contributed by atoms with E-state index in [4.69, 9.17) is 5.73 Å². The molecule has 1 aliphatic carbocycles. The average Bonchev–Trinajstić information content (AvgIpc) is 2.36. The molecule has 0 aromatic heterocycles. The Bertz CT molecular complexity index is 183. The first-order valence-corrected chi connectivity index (χ1v) is 4.37. The van der Waals surface area contributed by atoms with E-state index in [0.717, 1.165) is 32.0 Å². The molecule has 1 amide bonds.